The van der Waals surface area contributed by atoms with Gasteiger partial charge >= 0.3 is 0 Å². The van der Waals surface area contributed by atoms with E-state index < -0.39 is 0 Å². The maximum absolute atomic E-state index is 12.8. The zero-order valence-corrected chi connectivity index (χ0v) is 13.4. The number of H-pyrrole nitrogens is 1. The zero-order chi connectivity index (χ0) is 16.5. The summed E-state index contributed by atoms with van der Waals surface area (Å²) in [5.41, 5.74) is 3.78. The van der Waals surface area contributed by atoms with E-state index in [1.807, 2.05) is 67.8 Å². The zero-order valence-electron chi connectivity index (χ0n) is 13.4. The van der Waals surface area contributed by atoms with Gasteiger partial charge in [-0.25, -0.2) is 0 Å². The first-order chi connectivity index (χ1) is 11.7. The largest absolute Gasteiger partial charge is 0.361 e. The Balaban J connectivity index is 1.62. The average Bonchev–Trinajstić information content (AvgIpc) is 3.09. The summed E-state index contributed by atoms with van der Waals surface area (Å²) in [4.78, 5) is 22.0. The number of pyridine rings is 1. The van der Waals surface area contributed by atoms with Crippen molar-refractivity contribution in [2.24, 2.45) is 0 Å². The number of hydrogen-bond donors (Lipinski definition) is 1. The van der Waals surface area contributed by atoms with Crippen molar-refractivity contribution in [3.05, 3.63) is 78.1 Å². The van der Waals surface area contributed by atoms with Crippen molar-refractivity contribution < 1.29 is 4.79 Å². The van der Waals surface area contributed by atoms with Crippen molar-refractivity contribution >= 4 is 27.7 Å². The number of hydrogen-bond acceptors (Lipinski definition) is 2. The summed E-state index contributed by atoms with van der Waals surface area (Å²) in [6.45, 7) is 0.549. The van der Waals surface area contributed by atoms with E-state index in [0.29, 0.717) is 12.1 Å². The molecule has 118 valence electrons. The lowest BCUT2D eigenvalue weighted by Gasteiger charge is -2.18. The summed E-state index contributed by atoms with van der Waals surface area (Å²) in [5, 5.41) is 2.13. The number of benzene rings is 2. The van der Waals surface area contributed by atoms with Gasteiger partial charge in [0, 0.05) is 47.8 Å². The summed E-state index contributed by atoms with van der Waals surface area (Å²) < 4.78 is 0. The second-order valence-corrected chi connectivity index (χ2v) is 5.93. The normalized spacial score (nSPS) is 11.0. The van der Waals surface area contributed by atoms with Crippen molar-refractivity contribution in [3.8, 4) is 0 Å². The van der Waals surface area contributed by atoms with Crippen LogP contribution in [0.2, 0.25) is 0 Å². The van der Waals surface area contributed by atoms with E-state index in [9.17, 15) is 4.79 Å². The van der Waals surface area contributed by atoms with Gasteiger partial charge < -0.3 is 9.88 Å². The predicted molar refractivity (Wildman–Crippen MR) is 95.8 cm³/mol. The molecule has 0 aliphatic heterocycles. The number of aromatic nitrogens is 2. The van der Waals surface area contributed by atoms with Gasteiger partial charge in [0.1, 0.15) is 0 Å². The van der Waals surface area contributed by atoms with Crippen molar-refractivity contribution in [1.82, 2.24) is 14.9 Å². The average molecular weight is 315 g/mol. The SMILES string of the molecule is CN(Cc1ccnc2ccccc12)C(=O)c1ccc2[nH]ccc2c1. The Morgan fingerprint density at radius 1 is 1.12 bits per heavy atom. The lowest BCUT2D eigenvalue weighted by Crippen LogP contribution is -2.26. The molecular formula is C20H17N3O. The molecule has 1 N–H and O–H groups in total. The molecule has 0 radical (unpaired) electrons. The highest BCUT2D eigenvalue weighted by atomic mass is 16.2. The van der Waals surface area contributed by atoms with Gasteiger partial charge in [0.2, 0.25) is 0 Å². The molecule has 2 aromatic carbocycles. The second kappa shape index (κ2) is 5.81. The Morgan fingerprint density at radius 2 is 2.00 bits per heavy atom. The highest BCUT2D eigenvalue weighted by Gasteiger charge is 2.14. The maximum Gasteiger partial charge on any atom is 0.253 e. The minimum atomic E-state index is 0.0130. The fraction of sp³-hybridized carbons (Fsp3) is 0.100. The van der Waals surface area contributed by atoms with Gasteiger partial charge in [0.25, 0.3) is 5.91 Å². The van der Waals surface area contributed by atoms with Gasteiger partial charge in [0.15, 0.2) is 0 Å². The van der Waals surface area contributed by atoms with Crippen LogP contribution in [-0.2, 0) is 6.54 Å². The Bertz CT molecular complexity index is 1030. The van der Waals surface area contributed by atoms with Crippen molar-refractivity contribution in [1.29, 1.82) is 0 Å². The topological polar surface area (TPSA) is 49.0 Å². The molecule has 4 rings (SSSR count). The van der Waals surface area contributed by atoms with Crippen LogP contribution in [0.25, 0.3) is 21.8 Å². The number of aromatic amines is 1. The quantitative estimate of drug-likeness (QED) is 0.621. The number of fused-ring (bicyclic) bond motifs is 2. The molecule has 0 unspecified atom stereocenters. The molecule has 0 spiro atoms. The molecule has 0 bridgehead atoms. The standard InChI is InChI=1S/C20H17N3O/c1-23(13-16-9-11-22-19-5-3-2-4-17(16)19)20(24)15-6-7-18-14(12-15)8-10-21-18/h2-12,21H,13H2,1H3. The third kappa shape index (κ3) is 2.52. The first-order valence-corrected chi connectivity index (χ1v) is 7.87. The van der Waals surface area contributed by atoms with E-state index >= 15 is 0 Å². The monoisotopic (exact) mass is 315 g/mol. The highest BCUT2D eigenvalue weighted by Crippen LogP contribution is 2.20. The van der Waals surface area contributed by atoms with Crippen LogP contribution in [0.3, 0.4) is 0 Å². The van der Waals surface area contributed by atoms with Crippen LogP contribution in [0.4, 0.5) is 0 Å². The fourth-order valence-corrected chi connectivity index (χ4v) is 3.03. The molecule has 0 fully saturated rings. The van der Waals surface area contributed by atoms with E-state index in [1.54, 1.807) is 11.1 Å². The summed E-state index contributed by atoms with van der Waals surface area (Å²) in [6.07, 6.45) is 3.67. The Labute approximate surface area is 139 Å². The highest BCUT2D eigenvalue weighted by molar-refractivity contribution is 5.98. The number of carbonyl (C=O) groups excluding carboxylic acids is 1. The van der Waals surface area contributed by atoms with Crippen LogP contribution in [0, 0.1) is 0 Å². The van der Waals surface area contributed by atoms with Gasteiger partial charge in [-0.2, -0.15) is 0 Å². The van der Waals surface area contributed by atoms with Crippen molar-refractivity contribution in [3.63, 3.8) is 0 Å². The Kier molecular flexibility index (Phi) is 3.50. The number of amides is 1. The maximum atomic E-state index is 12.8. The molecular weight excluding hydrogens is 298 g/mol. The molecule has 4 nitrogen and oxygen atoms in total. The first-order valence-electron chi connectivity index (χ1n) is 7.87. The van der Waals surface area contributed by atoms with Crippen LogP contribution in [0.1, 0.15) is 15.9 Å². The van der Waals surface area contributed by atoms with Crippen LogP contribution in [-0.4, -0.2) is 27.8 Å². The molecule has 0 aliphatic carbocycles. The van der Waals surface area contributed by atoms with Gasteiger partial charge in [-0.1, -0.05) is 18.2 Å². The number of nitrogens with zero attached hydrogens (tertiary/aromatic N) is 2. The lowest BCUT2D eigenvalue weighted by molar-refractivity contribution is 0.0786. The molecule has 2 aromatic heterocycles. The third-order valence-electron chi connectivity index (χ3n) is 4.29. The van der Waals surface area contributed by atoms with Crippen molar-refractivity contribution in [2.75, 3.05) is 7.05 Å². The van der Waals surface area contributed by atoms with Crippen LogP contribution >= 0.6 is 0 Å². The van der Waals surface area contributed by atoms with Crippen molar-refractivity contribution in [2.45, 2.75) is 6.54 Å². The molecule has 4 heteroatoms. The Morgan fingerprint density at radius 3 is 2.92 bits per heavy atom. The molecule has 0 saturated carbocycles. The Hall–Kier alpha value is -3.14. The smallest absolute Gasteiger partial charge is 0.253 e. The minimum absolute atomic E-state index is 0.0130. The minimum Gasteiger partial charge on any atom is -0.361 e. The fourth-order valence-electron chi connectivity index (χ4n) is 3.03. The summed E-state index contributed by atoms with van der Waals surface area (Å²) in [6, 6.07) is 17.7. The summed E-state index contributed by atoms with van der Waals surface area (Å²) in [7, 11) is 1.83. The van der Waals surface area contributed by atoms with Gasteiger partial charge in [-0.05, 0) is 42.0 Å². The summed E-state index contributed by atoms with van der Waals surface area (Å²) >= 11 is 0. The number of carbonyl (C=O) groups is 1. The lowest BCUT2D eigenvalue weighted by atomic mass is 10.1. The number of nitrogens with one attached hydrogen (secondary N) is 1. The van der Waals surface area contributed by atoms with Gasteiger partial charge in [-0.15, -0.1) is 0 Å². The van der Waals surface area contributed by atoms with Crippen LogP contribution in [0.15, 0.2) is 67.0 Å². The molecule has 1 amide bonds. The molecule has 24 heavy (non-hydrogen) atoms. The first kappa shape index (κ1) is 14.5. The predicted octanol–water partition coefficient (Wildman–Crippen LogP) is 3.99. The molecule has 0 saturated heterocycles. The second-order valence-electron chi connectivity index (χ2n) is 5.93. The van der Waals surface area contributed by atoms with Gasteiger partial charge in [0.05, 0.1) is 5.52 Å². The molecule has 4 aromatic rings. The van der Waals surface area contributed by atoms with E-state index in [0.717, 1.165) is 27.4 Å². The summed E-state index contributed by atoms with van der Waals surface area (Å²) in [5.74, 6) is 0.0130. The molecule has 2 heterocycles. The third-order valence-corrected chi connectivity index (χ3v) is 4.29. The van der Waals surface area contributed by atoms with E-state index in [1.165, 1.54) is 0 Å². The number of rotatable bonds is 3. The van der Waals surface area contributed by atoms with Crippen LogP contribution in [0.5, 0.6) is 0 Å². The molecule has 0 aliphatic rings. The van der Waals surface area contributed by atoms with Gasteiger partial charge in [-0.3, -0.25) is 9.78 Å². The van der Waals surface area contributed by atoms with E-state index in [4.69, 9.17) is 0 Å². The van der Waals surface area contributed by atoms with E-state index in [-0.39, 0.29) is 5.91 Å². The van der Waals surface area contributed by atoms with E-state index in [2.05, 4.69) is 9.97 Å². The number of para-hydroxylation sites is 1. The molecule has 0 atom stereocenters. The van der Waals surface area contributed by atoms with Crippen LogP contribution < -0.4 is 0 Å².